The summed E-state index contributed by atoms with van der Waals surface area (Å²) in [4.78, 5) is 12.1. The van der Waals surface area contributed by atoms with E-state index in [1.54, 1.807) is 6.07 Å². The molecule has 0 aliphatic rings. The van der Waals surface area contributed by atoms with E-state index in [1.807, 2.05) is 30.3 Å². The Bertz CT molecular complexity index is 865. The lowest BCUT2D eigenvalue weighted by Crippen LogP contribution is -2.13. The topological polar surface area (TPSA) is 57.8 Å². The van der Waals surface area contributed by atoms with Gasteiger partial charge in [0.15, 0.2) is 17.5 Å². The molecule has 0 aliphatic carbocycles. The smallest absolute Gasteiger partial charge is 0.258 e. The van der Waals surface area contributed by atoms with Gasteiger partial charge in [-0.15, -0.1) is 0 Å². The van der Waals surface area contributed by atoms with Crippen molar-refractivity contribution in [2.75, 3.05) is 5.32 Å². The molecular formula is C16H10ClF2N3O. The third-order valence-corrected chi connectivity index (χ3v) is 3.47. The minimum absolute atomic E-state index is 0.171. The summed E-state index contributed by atoms with van der Waals surface area (Å²) in [7, 11) is 0. The highest BCUT2D eigenvalue weighted by molar-refractivity contribution is 6.34. The molecule has 0 fully saturated rings. The van der Waals surface area contributed by atoms with Gasteiger partial charge in [0.05, 0.1) is 16.3 Å². The Kier molecular flexibility index (Phi) is 4.08. The molecule has 0 saturated heterocycles. The highest BCUT2D eigenvalue weighted by atomic mass is 35.5. The number of amides is 1. The Balaban J connectivity index is 1.82. The van der Waals surface area contributed by atoms with Gasteiger partial charge < -0.3 is 5.32 Å². The SMILES string of the molecule is O=C(Nc1cc(-c2ccccc2)[nH]n1)c1cc(F)c(F)cc1Cl. The zero-order valence-corrected chi connectivity index (χ0v) is 12.4. The molecule has 0 atom stereocenters. The Labute approximate surface area is 135 Å². The van der Waals surface area contributed by atoms with Crippen LogP contribution in [0.15, 0.2) is 48.5 Å². The molecular weight excluding hydrogens is 324 g/mol. The average molecular weight is 334 g/mol. The van der Waals surface area contributed by atoms with E-state index in [0.717, 1.165) is 17.7 Å². The molecule has 7 heteroatoms. The first-order chi connectivity index (χ1) is 11.0. The lowest BCUT2D eigenvalue weighted by Gasteiger charge is -2.05. The number of hydrogen-bond donors (Lipinski definition) is 2. The molecule has 0 bridgehead atoms. The summed E-state index contributed by atoms with van der Waals surface area (Å²) in [5.41, 5.74) is 1.43. The van der Waals surface area contributed by atoms with E-state index in [-0.39, 0.29) is 16.4 Å². The van der Waals surface area contributed by atoms with Gasteiger partial charge in [0, 0.05) is 6.07 Å². The van der Waals surface area contributed by atoms with Crippen LogP contribution in [0.5, 0.6) is 0 Å². The molecule has 1 heterocycles. The van der Waals surface area contributed by atoms with Crippen LogP contribution in [-0.4, -0.2) is 16.1 Å². The molecule has 116 valence electrons. The van der Waals surface area contributed by atoms with E-state index in [0.29, 0.717) is 5.69 Å². The van der Waals surface area contributed by atoms with Gasteiger partial charge in [0.2, 0.25) is 0 Å². The zero-order valence-electron chi connectivity index (χ0n) is 11.6. The minimum atomic E-state index is -1.15. The summed E-state index contributed by atoms with van der Waals surface area (Å²) in [6, 6.07) is 12.5. The molecule has 2 N–H and O–H groups in total. The van der Waals surface area contributed by atoms with Crippen molar-refractivity contribution in [2.24, 2.45) is 0 Å². The summed E-state index contributed by atoms with van der Waals surface area (Å²) >= 11 is 5.77. The van der Waals surface area contributed by atoms with E-state index in [4.69, 9.17) is 11.6 Å². The van der Waals surface area contributed by atoms with Crippen LogP contribution in [0.1, 0.15) is 10.4 Å². The highest BCUT2D eigenvalue weighted by Gasteiger charge is 2.16. The molecule has 0 saturated carbocycles. The first-order valence-corrected chi connectivity index (χ1v) is 6.99. The molecule has 3 rings (SSSR count). The second-order valence-corrected chi connectivity index (χ2v) is 5.14. The monoisotopic (exact) mass is 333 g/mol. The standard InChI is InChI=1S/C16H10ClF2N3O/c17-11-7-13(19)12(18)6-10(11)16(23)20-15-8-14(21-22-15)9-4-2-1-3-5-9/h1-8H,(H2,20,21,22,23). The van der Waals surface area contributed by atoms with E-state index in [9.17, 15) is 13.6 Å². The third-order valence-electron chi connectivity index (χ3n) is 3.16. The molecule has 1 aromatic heterocycles. The van der Waals surface area contributed by atoms with Gasteiger partial charge in [-0.1, -0.05) is 41.9 Å². The maximum Gasteiger partial charge on any atom is 0.258 e. The first kappa shape index (κ1) is 15.2. The number of H-pyrrole nitrogens is 1. The normalized spacial score (nSPS) is 10.6. The predicted molar refractivity (Wildman–Crippen MR) is 83.3 cm³/mol. The number of hydrogen-bond acceptors (Lipinski definition) is 2. The number of carbonyl (C=O) groups is 1. The van der Waals surface area contributed by atoms with Gasteiger partial charge in [-0.25, -0.2) is 8.78 Å². The Hall–Kier alpha value is -2.73. The van der Waals surface area contributed by atoms with Crippen LogP contribution in [-0.2, 0) is 0 Å². The van der Waals surface area contributed by atoms with E-state index in [2.05, 4.69) is 15.5 Å². The van der Waals surface area contributed by atoms with Crippen molar-refractivity contribution in [2.45, 2.75) is 0 Å². The van der Waals surface area contributed by atoms with Crippen LogP contribution < -0.4 is 5.32 Å². The number of rotatable bonds is 3. The van der Waals surface area contributed by atoms with E-state index >= 15 is 0 Å². The van der Waals surface area contributed by atoms with Crippen LogP contribution in [0, 0.1) is 11.6 Å². The van der Waals surface area contributed by atoms with Crippen LogP contribution >= 0.6 is 11.6 Å². The number of nitrogens with zero attached hydrogens (tertiary/aromatic N) is 1. The molecule has 0 radical (unpaired) electrons. The van der Waals surface area contributed by atoms with Crippen molar-refractivity contribution in [1.82, 2.24) is 10.2 Å². The highest BCUT2D eigenvalue weighted by Crippen LogP contribution is 2.23. The quantitative estimate of drug-likeness (QED) is 0.704. The predicted octanol–water partition coefficient (Wildman–Crippen LogP) is 4.26. The van der Waals surface area contributed by atoms with Crippen molar-refractivity contribution >= 4 is 23.3 Å². The number of aromatic nitrogens is 2. The van der Waals surface area contributed by atoms with E-state index < -0.39 is 17.5 Å². The van der Waals surface area contributed by atoms with Crippen LogP contribution in [0.4, 0.5) is 14.6 Å². The summed E-state index contributed by atoms with van der Waals surface area (Å²) < 4.78 is 26.3. The Morgan fingerprint density at radius 3 is 2.52 bits per heavy atom. The Morgan fingerprint density at radius 2 is 1.78 bits per heavy atom. The molecule has 0 aliphatic heterocycles. The maximum absolute atomic E-state index is 13.2. The average Bonchev–Trinajstić information content (AvgIpc) is 3.00. The number of halogens is 3. The van der Waals surface area contributed by atoms with Crippen molar-refractivity contribution < 1.29 is 13.6 Å². The summed E-state index contributed by atoms with van der Waals surface area (Å²) in [6.07, 6.45) is 0. The fourth-order valence-electron chi connectivity index (χ4n) is 2.03. The van der Waals surface area contributed by atoms with Gasteiger partial charge in [0.25, 0.3) is 5.91 Å². The Morgan fingerprint density at radius 1 is 1.09 bits per heavy atom. The maximum atomic E-state index is 13.2. The van der Waals surface area contributed by atoms with E-state index in [1.165, 1.54) is 0 Å². The summed E-state index contributed by atoms with van der Waals surface area (Å²) in [5.74, 6) is -2.70. The molecule has 2 aromatic carbocycles. The minimum Gasteiger partial charge on any atom is -0.305 e. The second-order valence-electron chi connectivity index (χ2n) is 4.73. The zero-order chi connectivity index (χ0) is 16.4. The fourth-order valence-corrected chi connectivity index (χ4v) is 2.27. The molecule has 4 nitrogen and oxygen atoms in total. The number of carbonyl (C=O) groups excluding carboxylic acids is 1. The van der Waals surface area contributed by atoms with Crippen LogP contribution in [0.3, 0.4) is 0 Å². The third kappa shape index (κ3) is 3.22. The number of aromatic amines is 1. The van der Waals surface area contributed by atoms with Crippen LogP contribution in [0.25, 0.3) is 11.3 Å². The molecule has 0 unspecified atom stereocenters. The lowest BCUT2D eigenvalue weighted by molar-refractivity contribution is 0.102. The lowest BCUT2D eigenvalue weighted by atomic mass is 10.1. The fraction of sp³-hybridized carbons (Fsp3) is 0. The van der Waals surface area contributed by atoms with Crippen LogP contribution in [0.2, 0.25) is 5.02 Å². The number of anilines is 1. The van der Waals surface area contributed by atoms with Gasteiger partial charge >= 0.3 is 0 Å². The summed E-state index contributed by atoms with van der Waals surface area (Å²) in [6.45, 7) is 0. The molecule has 3 aromatic rings. The molecule has 0 spiro atoms. The van der Waals surface area contributed by atoms with Gasteiger partial charge in [0.1, 0.15) is 0 Å². The van der Waals surface area contributed by atoms with Gasteiger partial charge in [-0.2, -0.15) is 5.10 Å². The largest absolute Gasteiger partial charge is 0.305 e. The molecule has 23 heavy (non-hydrogen) atoms. The molecule has 1 amide bonds. The van der Waals surface area contributed by atoms with Gasteiger partial charge in [-0.3, -0.25) is 9.89 Å². The van der Waals surface area contributed by atoms with Crippen molar-refractivity contribution in [3.63, 3.8) is 0 Å². The van der Waals surface area contributed by atoms with Crippen molar-refractivity contribution in [1.29, 1.82) is 0 Å². The van der Waals surface area contributed by atoms with Crippen molar-refractivity contribution in [3.05, 3.63) is 70.8 Å². The summed E-state index contributed by atoms with van der Waals surface area (Å²) in [5, 5.41) is 9.04. The second kappa shape index (κ2) is 6.18. The van der Waals surface area contributed by atoms with Gasteiger partial charge in [-0.05, 0) is 17.7 Å². The number of benzene rings is 2. The number of nitrogens with one attached hydrogen (secondary N) is 2. The first-order valence-electron chi connectivity index (χ1n) is 6.61. The van der Waals surface area contributed by atoms with Crippen molar-refractivity contribution in [3.8, 4) is 11.3 Å².